The SMILES string of the molecule is CC1CCN(CCC(C)(NC2CC2)C(=O)O)CC1. The zero-order valence-electron chi connectivity index (χ0n) is 11.6. The molecule has 1 saturated heterocycles. The van der Waals surface area contributed by atoms with Crippen LogP contribution in [0.25, 0.3) is 0 Å². The van der Waals surface area contributed by atoms with Gasteiger partial charge in [0.2, 0.25) is 0 Å². The lowest BCUT2D eigenvalue weighted by Crippen LogP contribution is -2.52. The van der Waals surface area contributed by atoms with Gasteiger partial charge >= 0.3 is 5.97 Å². The van der Waals surface area contributed by atoms with E-state index in [1.807, 2.05) is 6.92 Å². The van der Waals surface area contributed by atoms with E-state index in [4.69, 9.17) is 0 Å². The van der Waals surface area contributed by atoms with Gasteiger partial charge in [0, 0.05) is 12.6 Å². The third kappa shape index (κ3) is 3.69. The van der Waals surface area contributed by atoms with E-state index < -0.39 is 11.5 Å². The molecule has 18 heavy (non-hydrogen) atoms. The molecule has 1 heterocycles. The fraction of sp³-hybridized carbons (Fsp3) is 0.929. The first-order chi connectivity index (χ1) is 8.49. The Morgan fingerprint density at radius 3 is 2.44 bits per heavy atom. The predicted molar refractivity (Wildman–Crippen MR) is 71.7 cm³/mol. The first-order valence-electron chi connectivity index (χ1n) is 7.23. The first kappa shape index (κ1) is 13.8. The van der Waals surface area contributed by atoms with Crippen LogP contribution in [0.2, 0.25) is 0 Å². The maximum atomic E-state index is 11.4. The van der Waals surface area contributed by atoms with Gasteiger partial charge in [0.05, 0.1) is 0 Å². The van der Waals surface area contributed by atoms with E-state index in [0.29, 0.717) is 12.5 Å². The van der Waals surface area contributed by atoms with Crippen molar-refractivity contribution in [3.63, 3.8) is 0 Å². The number of aliphatic carboxylic acids is 1. The van der Waals surface area contributed by atoms with Crippen molar-refractivity contribution in [3.8, 4) is 0 Å². The number of nitrogens with one attached hydrogen (secondary N) is 1. The van der Waals surface area contributed by atoms with Gasteiger partial charge in [-0.2, -0.15) is 0 Å². The summed E-state index contributed by atoms with van der Waals surface area (Å²) in [5.74, 6) is 0.122. The Hall–Kier alpha value is -0.610. The number of carbonyl (C=O) groups is 1. The maximum Gasteiger partial charge on any atom is 0.323 e. The van der Waals surface area contributed by atoms with Gasteiger partial charge < -0.3 is 10.0 Å². The number of nitrogens with zero attached hydrogens (tertiary/aromatic N) is 1. The lowest BCUT2D eigenvalue weighted by Gasteiger charge is -2.33. The lowest BCUT2D eigenvalue weighted by molar-refractivity contribution is -0.144. The third-order valence-corrected chi connectivity index (χ3v) is 4.38. The molecule has 0 aromatic heterocycles. The van der Waals surface area contributed by atoms with E-state index in [-0.39, 0.29) is 0 Å². The average Bonchev–Trinajstić information content (AvgIpc) is 3.12. The summed E-state index contributed by atoms with van der Waals surface area (Å²) in [6.07, 6.45) is 5.46. The summed E-state index contributed by atoms with van der Waals surface area (Å²) in [7, 11) is 0. The molecule has 0 radical (unpaired) electrons. The Bertz CT molecular complexity index is 296. The highest BCUT2D eigenvalue weighted by molar-refractivity contribution is 5.78. The second-order valence-corrected chi connectivity index (χ2v) is 6.33. The number of likely N-dealkylation sites (tertiary alicyclic amines) is 1. The van der Waals surface area contributed by atoms with Crippen LogP contribution in [0.15, 0.2) is 0 Å². The van der Waals surface area contributed by atoms with Crippen molar-refractivity contribution in [2.24, 2.45) is 5.92 Å². The summed E-state index contributed by atoms with van der Waals surface area (Å²) in [6, 6.07) is 0.437. The molecule has 4 heteroatoms. The summed E-state index contributed by atoms with van der Waals surface area (Å²) in [6.45, 7) is 7.28. The average molecular weight is 254 g/mol. The number of carboxylic acid groups (broad SMARTS) is 1. The Morgan fingerprint density at radius 2 is 1.94 bits per heavy atom. The Morgan fingerprint density at radius 1 is 1.33 bits per heavy atom. The van der Waals surface area contributed by atoms with Crippen molar-refractivity contribution in [1.82, 2.24) is 10.2 Å². The highest BCUT2D eigenvalue weighted by Crippen LogP contribution is 2.25. The smallest absolute Gasteiger partial charge is 0.323 e. The molecule has 1 saturated carbocycles. The fourth-order valence-electron chi connectivity index (χ4n) is 2.59. The summed E-state index contributed by atoms with van der Waals surface area (Å²) >= 11 is 0. The van der Waals surface area contributed by atoms with Crippen LogP contribution in [0.3, 0.4) is 0 Å². The highest BCUT2D eigenvalue weighted by Gasteiger charge is 2.38. The van der Waals surface area contributed by atoms with Gasteiger partial charge in [0.25, 0.3) is 0 Å². The van der Waals surface area contributed by atoms with E-state index in [1.165, 1.54) is 12.8 Å². The Labute approximate surface area is 110 Å². The van der Waals surface area contributed by atoms with Gasteiger partial charge in [-0.25, -0.2) is 0 Å². The van der Waals surface area contributed by atoms with Gasteiger partial charge in [0.1, 0.15) is 5.54 Å². The fourth-order valence-corrected chi connectivity index (χ4v) is 2.59. The summed E-state index contributed by atoms with van der Waals surface area (Å²) in [5.41, 5.74) is -0.746. The molecule has 1 aliphatic heterocycles. The van der Waals surface area contributed by atoms with Gasteiger partial charge in [-0.15, -0.1) is 0 Å². The molecule has 0 bridgehead atoms. The summed E-state index contributed by atoms with van der Waals surface area (Å²) < 4.78 is 0. The largest absolute Gasteiger partial charge is 0.480 e. The van der Waals surface area contributed by atoms with Crippen molar-refractivity contribution >= 4 is 5.97 Å². The van der Waals surface area contributed by atoms with E-state index in [1.54, 1.807) is 0 Å². The number of hydrogen-bond acceptors (Lipinski definition) is 3. The topological polar surface area (TPSA) is 52.6 Å². The normalized spacial score (nSPS) is 25.9. The van der Waals surface area contributed by atoms with Crippen molar-refractivity contribution in [2.75, 3.05) is 19.6 Å². The molecular weight excluding hydrogens is 228 g/mol. The molecule has 1 aliphatic carbocycles. The molecule has 1 unspecified atom stereocenters. The van der Waals surface area contributed by atoms with Crippen molar-refractivity contribution in [1.29, 1.82) is 0 Å². The molecule has 104 valence electrons. The minimum absolute atomic E-state index is 0.437. The summed E-state index contributed by atoms with van der Waals surface area (Å²) in [5, 5.41) is 12.7. The Kier molecular flexibility index (Phi) is 4.28. The molecule has 0 aromatic carbocycles. The third-order valence-electron chi connectivity index (χ3n) is 4.38. The molecule has 2 N–H and O–H groups in total. The van der Waals surface area contributed by atoms with Crippen LogP contribution < -0.4 is 5.32 Å². The second-order valence-electron chi connectivity index (χ2n) is 6.33. The number of carboxylic acids is 1. The zero-order valence-corrected chi connectivity index (χ0v) is 11.6. The Balaban J connectivity index is 1.79. The van der Waals surface area contributed by atoms with Crippen LogP contribution in [0.5, 0.6) is 0 Å². The molecule has 2 aliphatic rings. The van der Waals surface area contributed by atoms with Crippen LogP contribution in [0.1, 0.15) is 46.0 Å². The minimum atomic E-state index is -0.746. The minimum Gasteiger partial charge on any atom is -0.480 e. The number of piperidine rings is 1. The van der Waals surface area contributed by atoms with Crippen LogP contribution in [0, 0.1) is 5.92 Å². The first-order valence-corrected chi connectivity index (χ1v) is 7.23. The van der Waals surface area contributed by atoms with Crippen molar-refractivity contribution in [3.05, 3.63) is 0 Å². The van der Waals surface area contributed by atoms with Gasteiger partial charge in [0.15, 0.2) is 0 Å². The van der Waals surface area contributed by atoms with Gasteiger partial charge in [-0.1, -0.05) is 6.92 Å². The molecule has 1 atom stereocenters. The second kappa shape index (κ2) is 5.57. The van der Waals surface area contributed by atoms with E-state index in [9.17, 15) is 9.90 Å². The molecular formula is C14H26N2O2. The van der Waals surface area contributed by atoms with E-state index in [0.717, 1.165) is 38.4 Å². The predicted octanol–water partition coefficient (Wildman–Crippen LogP) is 1.70. The van der Waals surface area contributed by atoms with Gasteiger partial charge in [-0.05, 0) is 58.0 Å². The van der Waals surface area contributed by atoms with Crippen LogP contribution in [0.4, 0.5) is 0 Å². The maximum absolute atomic E-state index is 11.4. The zero-order chi connectivity index (χ0) is 13.2. The van der Waals surface area contributed by atoms with Crippen molar-refractivity contribution < 1.29 is 9.90 Å². The van der Waals surface area contributed by atoms with Crippen LogP contribution in [-0.4, -0.2) is 47.2 Å². The lowest BCUT2D eigenvalue weighted by atomic mass is 9.95. The molecule has 2 fully saturated rings. The van der Waals surface area contributed by atoms with Crippen molar-refractivity contribution in [2.45, 2.75) is 57.5 Å². The van der Waals surface area contributed by atoms with Crippen LogP contribution in [-0.2, 0) is 4.79 Å². The molecule has 0 amide bonds. The molecule has 4 nitrogen and oxygen atoms in total. The van der Waals surface area contributed by atoms with E-state index in [2.05, 4.69) is 17.1 Å². The number of hydrogen-bond donors (Lipinski definition) is 2. The monoisotopic (exact) mass is 254 g/mol. The number of rotatable bonds is 6. The molecule has 0 aromatic rings. The quantitative estimate of drug-likeness (QED) is 0.757. The standard InChI is InChI=1S/C14H26N2O2/c1-11-5-8-16(9-6-11)10-7-14(2,13(17)18)15-12-3-4-12/h11-12,15H,3-10H2,1-2H3,(H,17,18). The van der Waals surface area contributed by atoms with Gasteiger partial charge in [-0.3, -0.25) is 10.1 Å². The van der Waals surface area contributed by atoms with Crippen LogP contribution >= 0.6 is 0 Å². The van der Waals surface area contributed by atoms with E-state index >= 15 is 0 Å². The summed E-state index contributed by atoms with van der Waals surface area (Å²) in [4.78, 5) is 13.8. The molecule has 0 spiro atoms. The molecule has 2 rings (SSSR count). The highest BCUT2D eigenvalue weighted by atomic mass is 16.4.